The predicted molar refractivity (Wildman–Crippen MR) is 237 cm³/mol. The summed E-state index contributed by atoms with van der Waals surface area (Å²) in [5, 5.41) is 0. The summed E-state index contributed by atoms with van der Waals surface area (Å²) < 4.78 is 0. The Labute approximate surface area is 336 Å². The first-order valence-electron chi connectivity index (χ1n) is 20.8. The van der Waals surface area contributed by atoms with E-state index in [1.54, 1.807) is 0 Å². The van der Waals surface area contributed by atoms with Gasteiger partial charge in [0.2, 0.25) is 0 Å². The molecule has 3 aliphatic carbocycles. The summed E-state index contributed by atoms with van der Waals surface area (Å²) in [5.41, 5.74) is 17.2. The van der Waals surface area contributed by atoms with Gasteiger partial charge in [-0.2, -0.15) is 0 Å². The van der Waals surface area contributed by atoms with Crippen LogP contribution in [-0.2, 0) is 5.41 Å². The number of anilines is 3. The van der Waals surface area contributed by atoms with Crippen LogP contribution in [0.4, 0.5) is 17.1 Å². The highest BCUT2D eigenvalue weighted by atomic mass is 15.1. The van der Waals surface area contributed by atoms with E-state index in [2.05, 4.69) is 211 Å². The van der Waals surface area contributed by atoms with E-state index >= 15 is 0 Å². The van der Waals surface area contributed by atoms with Crippen LogP contribution in [0.1, 0.15) is 59.4 Å². The molecular formula is C56H45N. The van der Waals surface area contributed by atoms with Crippen molar-refractivity contribution in [2.24, 2.45) is 11.8 Å². The fourth-order valence-corrected chi connectivity index (χ4v) is 11.0. The number of benzene rings is 8. The second-order valence-corrected chi connectivity index (χ2v) is 16.4. The van der Waals surface area contributed by atoms with Gasteiger partial charge in [0.25, 0.3) is 0 Å². The van der Waals surface area contributed by atoms with Gasteiger partial charge in [0.1, 0.15) is 0 Å². The standard InChI is InChI=1S/C56H45N/c1-4-16-40(17-5-1)47-22-10-11-23-48(47)51-25-13-15-27-55(51)57(45-32-30-41(31-33-45)52-37-39-28-29-42(52)36-39)46-34-35-50-49-24-12-14-26-53(49)56(54(50)38-46,43-18-6-2-7-19-43)44-20-8-3-9-21-44/h1-27,30-35,38-39,42,52H,28-29,36-37H2. The van der Waals surface area contributed by atoms with Gasteiger partial charge >= 0.3 is 0 Å². The molecule has 3 aliphatic rings. The number of fused-ring (bicyclic) bond motifs is 5. The molecule has 0 N–H and O–H groups in total. The Kier molecular flexibility index (Phi) is 8.28. The number of hydrogen-bond acceptors (Lipinski definition) is 1. The molecule has 0 saturated heterocycles. The zero-order valence-corrected chi connectivity index (χ0v) is 32.1. The predicted octanol–water partition coefficient (Wildman–Crippen LogP) is 14.8. The van der Waals surface area contributed by atoms with Crippen molar-refractivity contribution in [1.82, 2.24) is 0 Å². The first-order valence-corrected chi connectivity index (χ1v) is 20.8. The quantitative estimate of drug-likeness (QED) is 0.150. The smallest absolute Gasteiger partial charge is 0.0714 e. The van der Waals surface area contributed by atoms with E-state index in [0.29, 0.717) is 5.92 Å². The zero-order valence-electron chi connectivity index (χ0n) is 32.1. The maximum atomic E-state index is 2.52. The lowest BCUT2D eigenvalue weighted by atomic mass is 9.67. The third-order valence-corrected chi connectivity index (χ3v) is 13.5. The van der Waals surface area contributed by atoms with Gasteiger partial charge in [0.15, 0.2) is 0 Å². The van der Waals surface area contributed by atoms with Crippen molar-refractivity contribution in [3.63, 3.8) is 0 Å². The van der Waals surface area contributed by atoms with Gasteiger partial charge in [-0.05, 0) is 123 Å². The van der Waals surface area contributed by atoms with Crippen LogP contribution in [0, 0.1) is 11.8 Å². The summed E-state index contributed by atoms with van der Waals surface area (Å²) in [6, 6.07) is 76.9. The summed E-state index contributed by atoms with van der Waals surface area (Å²) in [6.45, 7) is 0. The summed E-state index contributed by atoms with van der Waals surface area (Å²) in [4.78, 5) is 2.52. The van der Waals surface area contributed by atoms with Gasteiger partial charge in [-0.3, -0.25) is 0 Å². The Morgan fingerprint density at radius 2 is 0.965 bits per heavy atom. The van der Waals surface area contributed by atoms with Crippen LogP contribution in [0.25, 0.3) is 33.4 Å². The van der Waals surface area contributed by atoms with Crippen LogP contribution in [0.2, 0.25) is 0 Å². The summed E-state index contributed by atoms with van der Waals surface area (Å²) in [6.07, 6.45) is 5.57. The monoisotopic (exact) mass is 731 g/mol. The van der Waals surface area contributed by atoms with Gasteiger partial charge in [0.05, 0.1) is 11.1 Å². The van der Waals surface area contributed by atoms with Crippen LogP contribution in [0.15, 0.2) is 206 Å². The molecule has 0 spiro atoms. The molecule has 8 aromatic carbocycles. The van der Waals surface area contributed by atoms with Crippen LogP contribution in [-0.4, -0.2) is 0 Å². The molecule has 0 aromatic heterocycles. The number of para-hydroxylation sites is 1. The fraction of sp³-hybridized carbons (Fsp3) is 0.143. The highest BCUT2D eigenvalue weighted by Gasteiger charge is 2.46. The van der Waals surface area contributed by atoms with Crippen molar-refractivity contribution in [2.75, 3.05) is 4.90 Å². The second kappa shape index (κ2) is 13.9. The first-order chi connectivity index (χ1) is 28.3. The SMILES string of the molecule is c1ccc(-c2ccccc2-c2ccccc2N(c2ccc(C3CC4CCC3C4)cc2)c2ccc3c(c2)C(c2ccccc2)(c2ccccc2)c2ccccc2-3)cc1. The zero-order chi connectivity index (χ0) is 37.8. The Hall–Kier alpha value is -6.44. The summed E-state index contributed by atoms with van der Waals surface area (Å²) >= 11 is 0. The lowest BCUT2D eigenvalue weighted by molar-refractivity contribution is 0.420. The van der Waals surface area contributed by atoms with E-state index in [-0.39, 0.29) is 0 Å². The average Bonchev–Trinajstić information content (AvgIpc) is 4.01. The van der Waals surface area contributed by atoms with E-state index in [9.17, 15) is 0 Å². The topological polar surface area (TPSA) is 3.24 Å². The molecule has 3 atom stereocenters. The van der Waals surface area contributed by atoms with Crippen molar-refractivity contribution < 1.29 is 0 Å². The minimum absolute atomic E-state index is 0.485. The molecule has 8 aromatic rings. The Morgan fingerprint density at radius 1 is 0.404 bits per heavy atom. The van der Waals surface area contributed by atoms with Gasteiger partial charge in [0, 0.05) is 16.9 Å². The molecule has 3 unspecified atom stereocenters. The average molecular weight is 732 g/mol. The van der Waals surface area contributed by atoms with Crippen molar-refractivity contribution >= 4 is 17.1 Å². The van der Waals surface area contributed by atoms with Crippen LogP contribution < -0.4 is 4.90 Å². The van der Waals surface area contributed by atoms with E-state index < -0.39 is 5.41 Å². The van der Waals surface area contributed by atoms with Crippen molar-refractivity contribution in [3.05, 3.63) is 234 Å². The van der Waals surface area contributed by atoms with Crippen molar-refractivity contribution in [3.8, 4) is 33.4 Å². The lowest BCUT2D eigenvalue weighted by Gasteiger charge is -2.35. The van der Waals surface area contributed by atoms with E-state index in [1.807, 2.05) is 0 Å². The molecule has 2 bridgehead atoms. The van der Waals surface area contributed by atoms with E-state index in [4.69, 9.17) is 0 Å². The molecule has 0 radical (unpaired) electrons. The number of nitrogens with zero attached hydrogens (tertiary/aromatic N) is 1. The maximum absolute atomic E-state index is 2.52. The van der Waals surface area contributed by atoms with Crippen molar-refractivity contribution in [1.29, 1.82) is 0 Å². The molecule has 0 amide bonds. The maximum Gasteiger partial charge on any atom is 0.0714 e. The molecule has 274 valence electrons. The lowest BCUT2D eigenvalue weighted by Crippen LogP contribution is -2.28. The Morgan fingerprint density at radius 3 is 1.63 bits per heavy atom. The highest BCUT2D eigenvalue weighted by molar-refractivity contribution is 5.95. The van der Waals surface area contributed by atoms with Crippen LogP contribution >= 0.6 is 0 Å². The van der Waals surface area contributed by atoms with Gasteiger partial charge in [-0.1, -0.05) is 182 Å². The van der Waals surface area contributed by atoms with Gasteiger partial charge < -0.3 is 4.90 Å². The summed E-state index contributed by atoms with van der Waals surface area (Å²) in [7, 11) is 0. The second-order valence-electron chi connectivity index (χ2n) is 16.4. The molecule has 0 aliphatic heterocycles. The molecule has 57 heavy (non-hydrogen) atoms. The molecule has 1 heteroatoms. The fourth-order valence-electron chi connectivity index (χ4n) is 11.0. The molecule has 2 fully saturated rings. The minimum atomic E-state index is -0.485. The first kappa shape index (κ1) is 33.9. The molecular weight excluding hydrogens is 687 g/mol. The highest BCUT2D eigenvalue weighted by Crippen LogP contribution is 2.58. The summed E-state index contributed by atoms with van der Waals surface area (Å²) in [5.74, 6) is 2.44. The van der Waals surface area contributed by atoms with Crippen LogP contribution in [0.3, 0.4) is 0 Å². The normalized spacial score (nSPS) is 18.6. The number of hydrogen-bond donors (Lipinski definition) is 0. The van der Waals surface area contributed by atoms with E-state index in [0.717, 1.165) is 23.2 Å². The Bertz CT molecular complexity index is 2660. The largest absolute Gasteiger partial charge is 0.310 e. The molecule has 2 saturated carbocycles. The van der Waals surface area contributed by atoms with Crippen molar-refractivity contribution in [2.45, 2.75) is 37.0 Å². The van der Waals surface area contributed by atoms with Crippen LogP contribution in [0.5, 0.6) is 0 Å². The van der Waals surface area contributed by atoms with Gasteiger partial charge in [-0.15, -0.1) is 0 Å². The minimum Gasteiger partial charge on any atom is -0.310 e. The third-order valence-electron chi connectivity index (χ3n) is 13.5. The third kappa shape index (κ3) is 5.52. The van der Waals surface area contributed by atoms with Gasteiger partial charge in [-0.25, -0.2) is 0 Å². The Balaban J connectivity index is 1.14. The molecule has 11 rings (SSSR count). The van der Waals surface area contributed by atoms with E-state index in [1.165, 1.54) is 92.6 Å². The number of rotatable bonds is 8. The molecule has 0 heterocycles. The molecule has 1 nitrogen and oxygen atoms in total.